The van der Waals surface area contributed by atoms with Crippen LogP contribution in [0.25, 0.3) is 11.0 Å². The van der Waals surface area contributed by atoms with E-state index in [1.807, 2.05) is 0 Å². The van der Waals surface area contributed by atoms with Gasteiger partial charge in [-0.3, -0.25) is 0 Å². The summed E-state index contributed by atoms with van der Waals surface area (Å²) < 4.78 is 41.1. The van der Waals surface area contributed by atoms with Gasteiger partial charge in [0.2, 0.25) is 5.82 Å². The van der Waals surface area contributed by atoms with Crippen molar-refractivity contribution < 1.29 is 18.3 Å². The van der Waals surface area contributed by atoms with Crippen molar-refractivity contribution in [3.63, 3.8) is 0 Å². The van der Waals surface area contributed by atoms with Crippen LogP contribution in [-0.2, 0) is 6.18 Å². The van der Waals surface area contributed by atoms with Gasteiger partial charge in [0, 0.05) is 24.3 Å². The van der Waals surface area contributed by atoms with Crippen molar-refractivity contribution in [2.75, 3.05) is 12.3 Å². The molecule has 0 radical (unpaired) electrons. The van der Waals surface area contributed by atoms with Crippen LogP contribution in [0, 0.1) is 5.92 Å². The predicted octanol–water partition coefficient (Wildman–Crippen LogP) is 2.97. The topological polar surface area (TPSA) is 64.1 Å². The second kappa shape index (κ2) is 4.91. The van der Waals surface area contributed by atoms with Gasteiger partial charge in [0.1, 0.15) is 0 Å². The molecule has 4 nitrogen and oxygen atoms in total. The van der Waals surface area contributed by atoms with Gasteiger partial charge in [0.25, 0.3) is 0 Å². The number of rotatable bonds is 2. The van der Waals surface area contributed by atoms with Crippen LogP contribution < -0.4 is 5.73 Å². The van der Waals surface area contributed by atoms with E-state index in [9.17, 15) is 18.3 Å². The zero-order valence-electron chi connectivity index (χ0n) is 11.3. The molecule has 1 aromatic carbocycles. The number of halogens is 3. The molecule has 0 amide bonds. The molecule has 21 heavy (non-hydrogen) atoms. The average molecular weight is 299 g/mol. The lowest BCUT2D eigenvalue weighted by molar-refractivity contribution is -0.148. The van der Waals surface area contributed by atoms with Gasteiger partial charge in [-0.05, 0) is 31.0 Å². The van der Waals surface area contributed by atoms with Gasteiger partial charge in [-0.25, -0.2) is 4.98 Å². The minimum absolute atomic E-state index is 0.114. The van der Waals surface area contributed by atoms with Crippen LogP contribution in [0.5, 0.6) is 0 Å². The lowest BCUT2D eigenvalue weighted by Gasteiger charge is -2.23. The van der Waals surface area contributed by atoms with Gasteiger partial charge >= 0.3 is 6.18 Å². The monoisotopic (exact) mass is 299 g/mol. The summed E-state index contributed by atoms with van der Waals surface area (Å²) in [6, 6.07) is 4.22. The Morgan fingerprint density at radius 3 is 2.76 bits per heavy atom. The molecular weight excluding hydrogens is 283 g/mol. The minimum atomic E-state index is -4.53. The molecular formula is C14H16F3N3O. The summed E-state index contributed by atoms with van der Waals surface area (Å²) >= 11 is 0. The number of benzene rings is 1. The van der Waals surface area contributed by atoms with Crippen LogP contribution in [-0.4, -0.2) is 21.3 Å². The van der Waals surface area contributed by atoms with Crippen LogP contribution in [0.1, 0.15) is 31.1 Å². The molecule has 7 heteroatoms. The molecule has 114 valence electrons. The van der Waals surface area contributed by atoms with Gasteiger partial charge in [0.05, 0.1) is 11.0 Å². The van der Waals surface area contributed by atoms with Crippen LogP contribution in [0.3, 0.4) is 0 Å². The number of aliphatic hydroxyl groups is 1. The van der Waals surface area contributed by atoms with E-state index in [4.69, 9.17) is 5.73 Å². The summed E-state index contributed by atoms with van der Waals surface area (Å²) in [5, 5.41) is 9.41. The van der Waals surface area contributed by atoms with E-state index in [0.29, 0.717) is 17.6 Å². The molecule has 2 aromatic rings. The maximum absolute atomic E-state index is 13.3. The predicted molar refractivity (Wildman–Crippen MR) is 72.6 cm³/mol. The van der Waals surface area contributed by atoms with Crippen LogP contribution in [0.15, 0.2) is 18.2 Å². The first-order valence-electron chi connectivity index (χ1n) is 6.87. The molecule has 1 aliphatic rings. The summed E-state index contributed by atoms with van der Waals surface area (Å²) in [6.07, 6.45) is -2.38. The number of aliphatic hydroxyl groups excluding tert-OH is 1. The third-order valence-electron chi connectivity index (χ3n) is 4.15. The largest absolute Gasteiger partial charge is 0.449 e. The second-order valence-corrected chi connectivity index (χ2v) is 5.49. The van der Waals surface area contributed by atoms with Gasteiger partial charge in [0.15, 0.2) is 0 Å². The van der Waals surface area contributed by atoms with Crippen molar-refractivity contribution in [2.24, 2.45) is 5.92 Å². The minimum Gasteiger partial charge on any atom is -0.399 e. The number of hydrogen-bond acceptors (Lipinski definition) is 3. The SMILES string of the molecule is Nc1ccc2c(c1)nc(C(F)(F)F)n2C1CCCC1CO. The average Bonchev–Trinajstić information content (AvgIpc) is 2.99. The fraction of sp³-hybridized carbons (Fsp3) is 0.500. The Morgan fingerprint density at radius 1 is 1.33 bits per heavy atom. The summed E-state index contributed by atoms with van der Waals surface area (Å²) in [7, 11) is 0. The first-order chi connectivity index (χ1) is 9.91. The molecule has 0 spiro atoms. The zero-order valence-corrected chi connectivity index (χ0v) is 11.3. The van der Waals surface area contributed by atoms with E-state index in [2.05, 4.69) is 4.98 Å². The second-order valence-electron chi connectivity index (χ2n) is 5.49. The molecule has 2 unspecified atom stereocenters. The zero-order chi connectivity index (χ0) is 15.2. The van der Waals surface area contributed by atoms with E-state index >= 15 is 0 Å². The van der Waals surface area contributed by atoms with Crippen LogP contribution in [0.2, 0.25) is 0 Å². The molecule has 0 saturated heterocycles. The highest BCUT2D eigenvalue weighted by Gasteiger charge is 2.41. The van der Waals surface area contributed by atoms with Crippen molar-refractivity contribution in [3.05, 3.63) is 24.0 Å². The molecule has 0 aliphatic heterocycles. The Kier molecular flexibility index (Phi) is 3.32. The highest BCUT2D eigenvalue weighted by atomic mass is 19.4. The van der Waals surface area contributed by atoms with Crippen molar-refractivity contribution in [2.45, 2.75) is 31.5 Å². The van der Waals surface area contributed by atoms with E-state index in [-0.39, 0.29) is 24.1 Å². The number of alkyl halides is 3. The Balaban J connectivity index is 2.23. The third-order valence-corrected chi connectivity index (χ3v) is 4.15. The van der Waals surface area contributed by atoms with Crippen molar-refractivity contribution >= 4 is 16.7 Å². The van der Waals surface area contributed by atoms with Gasteiger partial charge in [-0.1, -0.05) is 6.42 Å². The fourth-order valence-electron chi connectivity index (χ4n) is 3.22. The quantitative estimate of drug-likeness (QED) is 0.838. The van der Waals surface area contributed by atoms with Gasteiger partial charge in [-0.15, -0.1) is 0 Å². The molecule has 0 bridgehead atoms. The van der Waals surface area contributed by atoms with E-state index in [0.717, 1.165) is 12.8 Å². The smallest absolute Gasteiger partial charge is 0.399 e. The Hall–Kier alpha value is -1.76. The summed E-state index contributed by atoms with van der Waals surface area (Å²) in [6.45, 7) is -0.114. The number of imidazole rings is 1. The first-order valence-corrected chi connectivity index (χ1v) is 6.87. The van der Waals surface area contributed by atoms with Crippen molar-refractivity contribution in [3.8, 4) is 0 Å². The number of nitrogen functional groups attached to an aromatic ring is 1. The standard InChI is InChI=1S/C14H16F3N3O/c15-14(16,17)13-19-10-6-9(18)4-5-12(10)20(13)11-3-1-2-8(11)7-21/h4-6,8,11,21H,1-3,7,18H2. The summed E-state index contributed by atoms with van der Waals surface area (Å²) in [5.74, 6) is -1.07. The first kappa shape index (κ1) is 14.2. The number of fused-ring (bicyclic) bond motifs is 1. The Morgan fingerprint density at radius 2 is 2.10 bits per heavy atom. The number of nitrogens with two attached hydrogens (primary N) is 1. The number of nitrogens with zero attached hydrogens (tertiary/aromatic N) is 2. The number of aromatic nitrogens is 2. The molecule has 1 aliphatic carbocycles. The highest BCUT2D eigenvalue weighted by Crippen LogP contribution is 2.42. The lowest BCUT2D eigenvalue weighted by atomic mass is 10.0. The molecule has 2 atom stereocenters. The van der Waals surface area contributed by atoms with Gasteiger partial charge in [-0.2, -0.15) is 13.2 Å². The molecule has 1 saturated carbocycles. The normalized spacial score (nSPS) is 23.0. The summed E-state index contributed by atoms with van der Waals surface area (Å²) in [5.41, 5.74) is 6.67. The Labute approximate surface area is 119 Å². The van der Waals surface area contributed by atoms with Crippen LogP contribution >= 0.6 is 0 Å². The van der Waals surface area contributed by atoms with E-state index in [1.165, 1.54) is 10.6 Å². The number of anilines is 1. The highest BCUT2D eigenvalue weighted by molar-refractivity contribution is 5.80. The third kappa shape index (κ3) is 2.35. The maximum atomic E-state index is 13.3. The van der Waals surface area contributed by atoms with Crippen molar-refractivity contribution in [1.82, 2.24) is 9.55 Å². The molecule has 1 aromatic heterocycles. The number of hydrogen-bond donors (Lipinski definition) is 2. The fourth-order valence-corrected chi connectivity index (χ4v) is 3.22. The summed E-state index contributed by atoms with van der Waals surface area (Å²) in [4.78, 5) is 3.73. The Bertz CT molecular complexity index is 665. The maximum Gasteiger partial charge on any atom is 0.449 e. The van der Waals surface area contributed by atoms with Gasteiger partial charge < -0.3 is 15.4 Å². The van der Waals surface area contributed by atoms with Crippen LogP contribution in [0.4, 0.5) is 18.9 Å². The molecule has 3 N–H and O–H groups in total. The van der Waals surface area contributed by atoms with Crippen molar-refractivity contribution in [1.29, 1.82) is 0 Å². The molecule has 1 heterocycles. The van der Waals surface area contributed by atoms with E-state index in [1.54, 1.807) is 12.1 Å². The van der Waals surface area contributed by atoms with E-state index < -0.39 is 12.0 Å². The molecule has 3 rings (SSSR count). The lowest BCUT2D eigenvalue weighted by Crippen LogP contribution is -2.23. The molecule has 1 fully saturated rings.